The van der Waals surface area contributed by atoms with Gasteiger partial charge in [0.2, 0.25) is 21.8 Å². The van der Waals surface area contributed by atoms with Crippen LogP contribution in [0.15, 0.2) is 83.3 Å². The Balaban J connectivity index is 2.07. The second-order valence-corrected chi connectivity index (χ2v) is 13.6. The molecule has 0 radical (unpaired) electrons. The highest BCUT2D eigenvalue weighted by Crippen LogP contribution is 2.23. The average molecular weight is 635 g/mol. The van der Waals surface area contributed by atoms with E-state index >= 15 is 0 Å². The van der Waals surface area contributed by atoms with E-state index in [9.17, 15) is 18.0 Å². The van der Waals surface area contributed by atoms with Gasteiger partial charge in [-0.3, -0.25) is 13.9 Å². The van der Waals surface area contributed by atoms with Crippen LogP contribution in [-0.4, -0.2) is 49.5 Å². The van der Waals surface area contributed by atoms with Crippen molar-refractivity contribution in [2.45, 2.75) is 45.3 Å². The molecule has 0 aliphatic rings. The smallest absolute Gasteiger partial charge is 0.244 e. The number of hydrogen-bond acceptors (Lipinski definition) is 4. The molecule has 3 aromatic carbocycles. The summed E-state index contributed by atoms with van der Waals surface area (Å²) in [5, 5.41) is 3.49. The maximum Gasteiger partial charge on any atom is 0.244 e. The zero-order valence-electron chi connectivity index (χ0n) is 22.4. The Hall–Kier alpha value is -2.88. The molecule has 3 aromatic rings. The normalized spacial score (nSPS) is 12.5. The van der Waals surface area contributed by atoms with Crippen molar-refractivity contribution in [3.05, 3.63) is 99.5 Å². The lowest BCUT2D eigenvalue weighted by molar-refractivity contribution is -0.140. The summed E-state index contributed by atoms with van der Waals surface area (Å²) < 4.78 is 27.4. The SMILES string of the molecule is CC(C)(C)NC(=O)C(Cc1ccccc1)N(Cc1cccc(Cl)c1)C(=O)CN(c1ccc(Br)cc1)S(C)(=O)=O. The van der Waals surface area contributed by atoms with Gasteiger partial charge in [-0.15, -0.1) is 0 Å². The van der Waals surface area contributed by atoms with Crippen LogP contribution in [0.2, 0.25) is 5.02 Å². The molecule has 2 amide bonds. The number of anilines is 1. The summed E-state index contributed by atoms with van der Waals surface area (Å²) in [4.78, 5) is 29.2. The first kappa shape index (κ1) is 30.7. The molecule has 0 saturated carbocycles. The molecule has 1 unspecified atom stereocenters. The van der Waals surface area contributed by atoms with Gasteiger partial charge in [0.05, 0.1) is 11.9 Å². The molecule has 3 rings (SSSR count). The zero-order valence-corrected chi connectivity index (χ0v) is 25.6. The molecule has 0 aromatic heterocycles. The number of nitrogens with one attached hydrogen (secondary N) is 1. The molecule has 0 aliphatic heterocycles. The summed E-state index contributed by atoms with van der Waals surface area (Å²) in [6.45, 7) is 5.19. The van der Waals surface area contributed by atoms with Crippen molar-refractivity contribution in [3.8, 4) is 0 Å². The van der Waals surface area contributed by atoms with Gasteiger partial charge in [-0.1, -0.05) is 70.0 Å². The quantitative estimate of drug-likeness (QED) is 0.323. The fourth-order valence-corrected chi connectivity index (χ4v) is 5.39. The fourth-order valence-electron chi connectivity index (χ4n) is 4.06. The van der Waals surface area contributed by atoms with Gasteiger partial charge < -0.3 is 10.2 Å². The van der Waals surface area contributed by atoms with Gasteiger partial charge in [0.25, 0.3) is 0 Å². The lowest BCUT2D eigenvalue weighted by Gasteiger charge is -2.35. The van der Waals surface area contributed by atoms with E-state index in [0.29, 0.717) is 16.3 Å². The van der Waals surface area contributed by atoms with Gasteiger partial charge in [0, 0.05) is 28.0 Å². The summed E-state index contributed by atoms with van der Waals surface area (Å²) in [6, 6.07) is 22.2. The summed E-state index contributed by atoms with van der Waals surface area (Å²) in [7, 11) is -3.82. The molecule has 208 valence electrons. The number of rotatable bonds is 10. The summed E-state index contributed by atoms with van der Waals surface area (Å²) in [5.41, 5.74) is 1.37. The topological polar surface area (TPSA) is 86.8 Å². The third kappa shape index (κ3) is 9.37. The van der Waals surface area contributed by atoms with Crippen molar-refractivity contribution < 1.29 is 18.0 Å². The molecule has 1 N–H and O–H groups in total. The minimum absolute atomic E-state index is 0.0619. The number of hydrogen-bond donors (Lipinski definition) is 1. The van der Waals surface area contributed by atoms with E-state index in [4.69, 9.17) is 11.6 Å². The van der Waals surface area contributed by atoms with Gasteiger partial charge in [0.15, 0.2) is 0 Å². The number of sulfonamides is 1. The number of amides is 2. The highest BCUT2D eigenvalue weighted by molar-refractivity contribution is 9.10. The summed E-state index contributed by atoms with van der Waals surface area (Å²) in [5.74, 6) is -0.857. The molecule has 0 spiro atoms. The molecule has 0 fully saturated rings. The second-order valence-electron chi connectivity index (χ2n) is 10.3. The van der Waals surface area contributed by atoms with Crippen LogP contribution in [-0.2, 0) is 32.6 Å². The van der Waals surface area contributed by atoms with Gasteiger partial charge in [0.1, 0.15) is 12.6 Å². The van der Waals surface area contributed by atoms with Crippen LogP contribution >= 0.6 is 27.5 Å². The first-order valence-corrected chi connectivity index (χ1v) is 15.4. The molecule has 39 heavy (non-hydrogen) atoms. The van der Waals surface area contributed by atoms with Crippen molar-refractivity contribution in [2.24, 2.45) is 0 Å². The Morgan fingerprint density at radius 3 is 2.13 bits per heavy atom. The number of halogens is 2. The van der Waals surface area contributed by atoms with Crippen LogP contribution in [0.1, 0.15) is 31.9 Å². The van der Waals surface area contributed by atoms with E-state index in [1.807, 2.05) is 57.2 Å². The fraction of sp³-hybridized carbons (Fsp3) is 0.310. The Morgan fingerprint density at radius 1 is 0.949 bits per heavy atom. The molecule has 0 heterocycles. The minimum atomic E-state index is -3.82. The summed E-state index contributed by atoms with van der Waals surface area (Å²) >= 11 is 9.58. The zero-order chi connectivity index (χ0) is 28.8. The number of benzene rings is 3. The molecule has 1 atom stereocenters. The second kappa shape index (κ2) is 13.0. The highest BCUT2D eigenvalue weighted by atomic mass is 79.9. The van der Waals surface area contributed by atoms with Gasteiger partial charge in [-0.25, -0.2) is 8.42 Å². The van der Waals surface area contributed by atoms with Gasteiger partial charge in [-0.05, 0) is 68.3 Å². The van der Waals surface area contributed by atoms with Crippen molar-refractivity contribution in [1.82, 2.24) is 10.2 Å². The van der Waals surface area contributed by atoms with Crippen molar-refractivity contribution in [2.75, 3.05) is 17.1 Å². The van der Waals surface area contributed by atoms with Crippen LogP contribution in [0.3, 0.4) is 0 Å². The first-order valence-electron chi connectivity index (χ1n) is 12.4. The predicted octanol–water partition coefficient (Wildman–Crippen LogP) is 5.42. The minimum Gasteiger partial charge on any atom is -0.350 e. The monoisotopic (exact) mass is 633 g/mol. The van der Waals surface area contributed by atoms with E-state index in [2.05, 4.69) is 21.2 Å². The van der Waals surface area contributed by atoms with E-state index < -0.39 is 34.1 Å². The predicted molar refractivity (Wildman–Crippen MR) is 160 cm³/mol. The molecule has 10 heteroatoms. The van der Waals surface area contributed by atoms with Crippen molar-refractivity contribution in [3.63, 3.8) is 0 Å². The van der Waals surface area contributed by atoms with Crippen LogP contribution in [0, 0.1) is 0 Å². The Bertz CT molecular complexity index is 1390. The van der Waals surface area contributed by atoms with Crippen LogP contribution in [0.25, 0.3) is 0 Å². The molecular weight excluding hydrogens is 602 g/mol. The molecular formula is C29H33BrClN3O4S. The number of carbonyl (C=O) groups excluding carboxylic acids is 2. The third-order valence-corrected chi connectivity index (χ3v) is 7.71. The largest absolute Gasteiger partial charge is 0.350 e. The van der Waals surface area contributed by atoms with E-state index in [1.165, 1.54) is 4.90 Å². The van der Waals surface area contributed by atoms with E-state index in [-0.39, 0.29) is 18.9 Å². The Kier molecular flexibility index (Phi) is 10.2. The lowest BCUT2D eigenvalue weighted by Crippen LogP contribution is -2.56. The Morgan fingerprint density at radius 2 is 1.56 bits per heavy atom. The van der Waals surface area contributed by atoms with Crippen LogP contribution < -0.4 is 9.62 Å². The van der Waals surface area contributed by atoms with E-state index in [0.717, 1.165) is 20.6 Å². The molecule has 0 bridgehead atoms. The standard InChI is InChI=1S/C29H33BrClN3O4S/c1-29(2,3)32-28(36)26(18-21-9-6-5-7-10-21)33(19-22-11-8-12-24(31)17-22)27(35)20-34(39(4,37)38)25-15-13-23(30)14-16-25/h5-17,26H,18-20H2,1-4H3,(H,32,36). The van der Waals surface area contributed by atoms with Gasteiger partial charge >= 0.3 is 0 Å². The molecule has 0 aliphatic carbocycles. The average Bonchev–Trinajstić information content (AvgIpc) is 2.84. The van der Waals surface area contributed by atoms with Crippen molar-refractivity contribution in [1.29, 1.82) is 0 Å². The third-order valence-electron chi connectivity index (χ3n) is 5.81. The maximum atomic E-state index is 14.0. The molecule has 7 nitrogen and oxygen atoms in total. The van der Waals surface area contributed by atoms with Crippen LogP contribution in [0.5, 0.6) is 0 Å². The maximum absolute atomic E-state index is 14.0. The Labute approximate surface area is 244 Å². The van der Waals surface area contributed by atoms with Crippen LogP contribution in [0.4, 0.5) is 5.69 Å². The summed E-state index contributed by atoms with van der Waals surface area (Å²) in [6.07, 6.45) is 1.30. The molecule has 0 saturated heterocycles. The first-order chi connectivity index (χ1) is 18.2. The lowest BCUT2D eigenvalue weighted by atomic mass is 10.0. The van der Waals surface area contributed by atoms with Gasteiger partial charge in [-0.2, -0.15) is 0 Å². The number of nitrogens with zero attached hydrogens (tertiary/aromatic N) is 2. The highest BCUT2D eigenvalue weighted by Gasteiger charge is 2.34. The van der Waals surface area contributed by atoms with Crippen molar-refractivity contribution >= 4 is 55.1 Å². The van der Waals surface area contributed by atoms with E-state index in [1.54, 1.807) is 42.5 Å². The number of carbonyl (C=O) groups is 2.